The third kappa shape index (κ3) is 3.35. The summed E-state index contributed by atoms with van der Waals surface area (Å²) in [5.74, 6) is 1.06. The molecule has 0 N–H and O–H groups in total. The van der Waals surface area contributed by atoms with Crippen LogP contribution < -0.4 is 14.2 Å². The van der Waals surface area contributed by atoms with Crippen LogP contribution in [0.25, 0.3) is 6.08 Å². The highest BCUT2D eigenvalue weighted by Gasteiger charge is 2.14. The summed E-state index contributed by atoms with van der Waals surface area (Å²) in [6, 6.07) is 10.00. The topological polar surface area (TPSA) is 44.8 Å². The van der Waals surface area contributed by atoms with E-state index in [0.717, 1.165) is 5.56 Å². The van der Waals surface area contributed by atoms with E-state index in [1.54, 1.807) is 42.5 Å². The fourth-order valence-corrected chi connectivity index (χ4v) is 2.18. The van der Waals surface area contributed by atoms with E-state index in [1.165, 1.54) is 6.08 Å². The molecule has 0 aromatic heterocycles. The first kappa shape index (κ1) is 14.8. The van der Waals surface area contributed by atoms with Gasteiger partial charge in [0, 0.05) is 12.1 Å². The van der Waals surface area contributed by atoms with Crippen LogP contribution in [0.4, 0.5) is 0 Å². The van der Waals surface area contributed by atoms with Crippen molar-refractivity contribution < 1.29 is 19.0 Å². The molecule has 0 aliphatic carbocycles. The third-order valence-corrected chi connectivity index (χ3v) is 3.66. The summed E-state index contributed by atoms with van der Waals surface area (Å²) in [5.41, 5.74) is 0.747. The predicted octanol–water partition coefficient (Wildman–Crippen LogP) is 4.34. The van der Waals surface area contributed by atoms with Gasteiger partial charge in [0.2, 0.25) is 6.79 Å². The van der Waals surface area contributed by atoms with Crippen molar-refractivity contribution in [1.82, 2.24) is 0 Å². The van der Waals surface area contributed by atoms with Crippen LogP contribution in [0.15, 0.2) is 42.5 Å². The highest BCUT2D eigenvalue weighted by Crippen LogP contribution is 2.35. The molecule has 4 nitrogen and oxygen atoms in total. The molecule has 3 rings (SSSR count). The van der Waals surface area contributed by atoms with E-state index in [-0.39, 0.29) is 6.79 Å². The summed E-state index contributed by atoms with van der Waals surface area (Å²) in [4.78, 5) is 11.8. The number of benzene rings is 2. The van der Waals surface area contributed by atoms with Gasteiger partial charge in [0.25, 0.3) is 0 Å². The third-order valence-electron chi connectivity index (χ3n) is 2.92. The van der Waals surface area contributed by atoms with Crippen molar-refractivity contribution in [1.29, 1.82) is 0 Å². The molecule has 0 atom stereocenters. The molecule has 0 saturated carbocycles. The summed E-state index contributed by atoms with van der Waals surface area (Å²) >= 11 is 11.7. The summed E-state index contributed by atoms with van der Waals surface area (Å²) in [6.07, 6.45) is 2.90. The Morgan fingerprint density at radius 3 is 2.68 bits per heavy atom. The first-order valence-electron chi connectivity index (χ1n) is 6.36. The van der Waals surface area contributed by atoms with Gasteiger partial charge >= 0.3 is 5.97 Å². The van der Waals surface area contributed by atoms with Crippen LogP contribution in [-0.4, -0.2) is 12.8 Å². The maximum atomic E-state index is 11.8. The second-order valence-electron chi connectivity index (χ2n) is 4.44. The Balaban J connectivity index is 1.67. The minimum Gasteiger partial charge on any atom is -0.454 e. The number of hydrogen-bond acceptors (Lipinski definition) is 4. The Kier molecular flexibility index (Phi) is 4.22. The van der Waals surface area contributed by atoms with E-state index in [0.29, 0.717) is 27.3 Å². The maximum Gasteiger partial charge on any atom is 0.336 e. The number of carbonyl (C=O) groups excluding carboxylic acids is 1. The second-order valence-corrected chi connectivity index (χ2v) is 5.26. The Labute approximate surface area is 136 Å². The van der Waals surface area contributed by atoms with Gasteiger partial charge in [-0.2, -0.15) is 0 Å². The molecule has 22 heavy (non-hydrogen) atoms. The van der Waals surface area contributed by atoms with E-state index < -0.39 is 5.97 Å². The van der Waals surface area contributed by atoms with Crippen LogP contribution in [0.3, 0.4) is 0 Å². The van der Waals surface area contributed by atoms with Gasteiger partial charge in [0.05, 0.1) is 10.0 Å². The Morgan fingerprint density at radius 2 is 1.86 bits per heavy atom. The molecule has 0 spiro atoms. The minimum absolute atomic E-state index is 0.171. The number of fused-ring (bicyclic) bond motifs is 1. The second kappa shape index (κ2) is 6.30. The van der Waals surface area contributed by atoms with Gasteiger partial charge in [-0.3, -0.25) is 0 Å². The first-order valence-corrected chi connectivity index (χ1v) is 7.12. The smallest absolute Gasteiger partial charge is 0.336 e. The van der Waals surface area contributed by atoms with Gasteiger partial charge in [-0.05, 0) is 35.9 Å². The standard InChI is InChI=1S/C16H10Cl2O4/c17-12-4-1-10(7-13(12)18)2-6-16(19)22-11-3-5-14-15(8-11)21-9-20-14/h1-8H,9H2/b6-2+. The molecule has 112 valence electrons. The van der Waals surface area contributed by atoms with Gasteiger partial charge < -0.3 is 14.2 Å². The van der Waals surface area contributed by atoms with Crippen LogP contribution in [0.2, 0.25) is 10.0 Å². The highest BCUT2D eigenvalue weighted by atomic mass is 35.5. The van der Waals surface area contributed by atoms with Crippen molar-refractivity contribution in [3.05, 3.63) is 58.1 Å². The SMILES string of the molecule is O=C(/C=C/c1ccc(Cl)c(Cl)c1)Oc1ccc2c(c1)OCO2. The molecule has 1 aliphatic rings. The zero-order chi connectivity index (χ0) is 15.5. The Bertz CT molecular complexity index is 756. The maximum absolute atomic E-state index is 11.8. The van der Waals surface area contributed by atoms with Crippen molar-refractivity contribution >= 4 is 35.2 Å². The van der Waals surface area contributed by atoms with E-state index in [9.17, 15) is 4.79 Å². The highest BCUT2D eigenvalue weighted by molar-refractivity contribution is 6.42. The molecule has 1 aliphatic heterocycles. The normalized spacial score (nSPS) is 12.6. The monoisotopic (exact) mass is 336 g/mol. The molecule has 6 heteroatoms. The molecule has 0 saturated heterocycles. The Morgan fingerprint density at radius 1 is 1.05 bits per heavy atom. The van der Waals surface area contributed by atoms with Crippen LogP contribution in [0.5, 0.6) is 17.2 Å². The fourth-order valence-electron chi connectivity index (χ4n) is 1.87. The molecule has 0 radical (unpaired) electrons. The Hall–Kier alpha value is -2.17. The lowest BCUT2D eigenvalue weighted by molar-refractivity contribution is -0.128. The van der Waals surface area contributed by atoms with Gasteiger partial charge in [-0.15, -0.1) is 0 Å². The summed E-state index contributed by atoms with van der Waals surface area (Å²) < 4.78 is 15.6. The zero-order valence-electron chi connectivity index (χ0n) is 11.2. The molecule has 0 bridgehead atoms. The van der Waals surface area contributed by atoms with Crippen molar-refractivity contribution in [2.75, 3.05) is 6.79 Å². The fraction of sp³-hybridized carbons (Fsp3) is 0.0625. The van der Waals surface area contributed by atoms with E-state index in [1.807, 2.05) is 0 Å². The number of rotatable bonds is 3. The van der Waals surface area contributed by atoms with Crippen molar-refractivity contribution in [2.45, 2.75) is 0 Å². The lowest BCUT2D eigenvalue weighted by Crippen LogP contribution is -2.03. The van der Waals surface area contributed by atoms with E-state index in [2.05, 4.69) is 0 Å². The molecular weight excluding hydrogens is 327 g/mol. The quantitative estimate of drug-likeness (QED) is 0.475. The zero-order valence-corrected chi connectivity index (χ0v) is 12.7. The number of hydrogen-bond donors (Lipinski definition) is 0. The molecule has 2 aromatic carbocycles. The number of esters is 1. The van der Waals surface area contributed by atoms with Gasteiger partial charge in [-0.1, -0.05) is 29.3 Å². The van der Waals surface area contributed by atoms with Gasteiger partial charge in [0.15, 0.2) is 11.5 Å². The first-order chi connectivity index (χ1) is 10.6. The van der Waals surface area contributed by atoms with Crippen molar-refractivity contribution in [2.24, 2.45) is 0 Å². The summed E-state index contributed by atoms with van der Waals surface area (Å²) in [5, 5.41) is 0.884. The van der Waals surface area contributed by atoms with E-state index in [4.69, 9.17) is 37.4 Å². The van der Waals surface area contributed by atoms with Crippen LogP contribution in [-0.2, 0) is 4.79 Å². The van der Waals surface area contributed by atoms with Crippen molar-refractivity contribution in [3.63, 3.8) is 0 Å². The number of ether oxygens (including phenoxy) is 3. The predicted molar refractivity (Wildman–Crippen MR) is 83.7 cm³/mol. The summed E-state index contributed by atoms with van der Waals surface area (Å²) in [7, 11) is 0. The van der Waals surface area contributed by atoms with E-state index >= 15 is 0 Å². The minimum atomic E-state index is -0.509. The van der Waals surface area contributed by atoms with Crippen LogP contribution >= 0.6 is 23.2 Å². The molecular formula is C16H10Cl2O4. The van der Waals surface area contributed by atoms with Crippen molar-refractivity contribution in [3.8, 4) is 17.2 Å². The average Bonchev–Trinajstić information content (AvgIpc) is 2.96. The molecule has 2 aromatic rings. The largest absolute Gasteiger partial charge is 0.454 e. The average molecular weight is 337 g/mol. The van der Waals surface area contributed by atoms with Gasteiger partial charge in [-0.25, -0.2) is 4.79 Å². The molecule has 0 amide bonds. The van der Waals surface area contributed by atoms with Crippen LogP contribution in [0, 0.1) is 0 Å². The molecule has 1 heterocycles. The summed E-state index contributed by atoms with van der Waals surface area (Å²) in [6.45, 7) is 0.171. The number of carbonyl (C=O) groups is 1. The van der Waals surface area contributed by atoms with Crippen LogP contribution in [0.1, 0.15) is 5.56 Å². The number of halogens is 2. The molecule has 0 unspecified atom stereocenters. The lowest BCUT2D eigenvalue weighted by Gasteiger charge is -2.02. The molecule has 0 fully saturated rings. The lowest BCUT2D eigenvalue weighted by atomic mass is 10.2. The van der Waals surface area contributed by atoms with Gasteiger partial charge in [0.1, 0.15) is 5.75 Å².